The molecule has 0 aliphatic carbocycles. The van der Waals surface area contributed by atoms with Gasteiger partial charge in [0.2, 0.25) is 0 Å². The molecule has 1 aromatic heterocycles. The van der Waals surface area contributed by atoms with Crippen molar-refractivity contribution in [2.24, 2.45) is 5.84 Å². The van der Waals surface area contributed by atoms with Crippen LogP contribution in [0.1, 0.15) is 11.3 Å². The van der Waals surface area contributed by atoms with Crippen molar-refractivity contribution in [3.63, 3.8) is 0 Å². The van der Waals surface area contributed by atoms with Gasteiger partial charge < -0.3 is 0 Å². The highest BCUT2D eigenvalue weighted by atomic mass is 16.3. The summed E-state index contributed by atoms with van der Waals surface area (Å²) < 4.78 is 0. The predicted octanol–water partition coefficient (Wildman–Crippen LogP) is 1.57. The van der Waals surface area contributed by atoms with Crippen molar-refractivity contribution in [3.05, 3.63) is 64.8 Å². The van der Waals surface area contributed by atoms with Gasteiger partial charge in [0.1, 0.15) is 5.69 Å². The van der Waals surface area contributed by atoms with Crippen LogP contribution in [0, 0.1) is 22.9 Å². The Morgan fingerprint density at radius 3 is 2.47 bits per heavy atom. The molecule has 1 radical (unpaired) electrons. The Morgan fingerprint density at radius 2 is 1.88 bits per heavy atom. The van der Waals surface area contributed by atoms with E-state index in [-0.39, 0.29) is 10.6 Å². The topological polar surface area (TPSA) is 59.0 Å². The second-order valence-electron chi connectivity index (χ2n) is 3.27. The van der Waals surface area contributed by atoms with Crippen LogP contribution >= 0.6 is 0 Å². The van der Waals surface area contributed by atoms with Gasteiger partial charge in [-0.3, -0.25) is 0 Å². The number of pyridine rings is 1. The van der Waals surface area contributed by atoms with E-state index in [1.54, 1.807) is 6.07 Å². The number of nitrogens with two attached hydrogens (primary N) is 1. The van der Waals surface area contributed by atoms with Gasteiger partial charge in [-0.15, -0.1) is 0 Å². The van der Waals surface area contributed by atoms with E-state index in [0.29, 0.717) is 5.69 Å². The first-order valence-electron chi connectivity index (χ1n) is 4.93. The molecule has 0 aliphatic heterocycles. The summed E-state index contributed by atoms with van der Waals surface area (Å²) in [5.74, 6) is 10.8. The van der Waals surface area contributed by atoms with Crippen molar-refractivity contribution in [3.8, 4) is 11.8 Å². The monoisotopic (exact) mass is 223 g/mol. The quantitative estimate of drug-likeness (QED) is 0.345. The summed E-state index contributed by atoms with van der Waals surface area (Å²) in [6.07, 6.45) is 2.51. The molecular weight excluding hydrogens is 214 g/mol. The summed E-state index contributed by atoms with van der Waals surface area (Å²) in [7, 11) is 0. The molecule has 2 N–H and O–H groups in total. The molecule has 1 heterocycles. The molecule has 17 heavy (non-hydrogen) atoms. The molecule has 0 atom stereocenters. The highest BCUT2D eigenvalue weighted by Crippen LogP contribution is 2.05. The largest absolute Gasteiger partial charge is 0.319 e. The zero-order chi connectivity index (χ0) is 12.1. The number of hydrogen-bond donors (Lipinski definition) is 1. The molecule has 0 saturated carbocycles. The molecule has 0 bridgehead atoms. The standard InChI is InChI=1S/C13H9N3O/c14-16(17)13-9-8-12(15-10-13)7-6-11-4-2-1-3-5-11/h1-5,8-9H,(H2,14,17)/q+1. The first-order valence-corrected chi connectivity index (χ1v) is 4.93. The van der Waals surface area contributed by atoms with E-state index in [2.05, 4.69) is 23.0 Å². The molecule has 0 saturated heterocycles. The fraction of sp³-hybridized carbons (Fsp3) is 0. The summed E-state index contributed by atoms with van der Waals surface area (Å²) in [6.45, 7) is 0. The van der Waals surface area contributed by atoms with Crippen molar-refractivity contribution < 1.29 is 4.87 Å². The zero-order valence-corrected chi connectivity index (χ0v) is 8.92. The lowest BCUT2D eigenvalue weighted by Gasteiger charge is -1.88. The number of hydrogen-bond acceptors (Lipinski definition) is 2. The highest BCUT2D eigenvalue weighted by Gasteiger charge is 2.08. The van der Waals surface area contributed by atoms with E-state index >= 15 is 0 Å². The van der Waals surface area contributed by atoms with Crippen LogP contribution < -0.4 is 5.84 Å². The maximum Gasteiger partial charge on any atom is 0.319 e. The van der Waals surface area contributed by atoms with Crippen LogP contribution in [0.15, 0.2) is 42.5 Å². The Hall–Kier alpha value is -2.67. The van der Waals surface area contributed by atoms with Gasteiger partial charge in [-0.1, -0.05) is 24.1 Å². The van der Waals surface area contributed by atoms with Crippen LogP contribution in [-0.4, -0.2) is 9.85 Å². The number of rotatable bonds is 1. The fourth-order valence-electron chi connectivity index (χ4n) is 1.20. The smallest absolute Gasteiger partial charge is 0.230 e. The first kappa shape index (κ1) is 10.8. The lowest BCUT2D eigenvalue weighted by atomic mass is 10.2. The van der Waals surface area contributed by atoms with E-state index in [1.807, 2.05) is 30.3 Å². The number of hydrazine groups is 1. The maximum absolute atomic E-state index is 10.7. The fourth-order valence-corrected chi connectivity index (χ4v) is 1.20. The third-order valence-electron chi connectivity index (χ3n) is 2.04. The molecular formula is C13H9N3O+. The first-order chi connectivity index (χ1) is 8.25. The van der Waals surface area contributed by atoms with Gasteiger partial charge in [0.25, 0.3) is 0 Å². The predicted molar refractivity (Wildman–Crippen MR) is 63.0 cm³/mol. The molecule has 2 aromatic rings. The van der Waals surface area contributed by atoms with Crippen LogP contribution in [-0.2, 0) is 0 Å². The van der Waals surface area contributed by atoms with Gasteiger partial charge in [-0.05, 0) is 24.1 Å². The second-order valence-corrected chi connectivity index (χ2v) is 3.27. The van der Waals surface area contributed by atoms with Crippen molar-refractivity contribution in [1.29, 1.82) is 0 Å². The van der Waals surface area contributed by atoms with Crippen LogP contribution in [0.25, 0.3) is 0 Å². The third kappa shape index (κ3) is 2.89. The van der Waals surface area contributed by atoms with Crippen LogP contribution in [0.3, 0.4) is 0 Å². The Kier molecular flexibility index (Phi) is 3.13. The summed E-state index contributed by atoms with van der Waals surface area (Å²) in [5.41, 5.74) is 1.62. The molecule has 4 nitrogen and oxygen atoms in total. The van der Waals surface area contributed by atoms with E-state index in [4.69, 9.17) is 5.84 Å². The van der Waals surface area contributed by atoms with E-state index in [0.717, 1.165) is 5.56 Å². The van der Waals surface area contributed by atoms with Crippen molar-refractivity contribution in [2.45, 2.75) is 0 Å². The Labute approximate surface area is 98.7 Å². The van der Waals surface area contributed by atoms with Gasteiger partial charge >= 0.3 is 5.69 Å². The SMILES string of the molecule is N[N+](=O)c1[c]nc(C#Cc2ccccc2)cc1. The normalized spacial score (nSPS) is 9.18. The van der Waals surface area contributed by atoms with Crippen LogP contribution in [0.2, 0.25) is 0 Å². The number of benzene rings is 1. The molecule has 4 heteroatoms. The van der Waals surface area contributed by atoms with Gasteiger partial charge in [0, 0.05) is 11.6 Å². The summed E-state index contributed by atoms with van der Waals surface area (Å²) >= 11 is 0. The molecule has 0 fully saturated rings. The molecule has 1 aromatic carbocycles. The van der Waals surface area contributed by atoms with Crippen LogP contribution in [0.4, 0.5) is 5.69 Å². The lowest BCUT2D eigenvalue weighted by molar-refractivity contribution is -0.475. The van der Waals surface area contributed by atoms with E-state index in [9.17, 15) is 4.91 Å². The molecule has 0 spiro atoms. The van der Waals surface area contributed by atoms with Gasteiger partial charge in [0.15, 0.2) is 11.1 Å². The zero-order valence-electron chi connectivity index (χ0n) is 8.92. The highest BCUT2D eigenvalue weighted by molar-refractivity contribution is 5.41. The molecule has 0 amide bonds. The number of aromatic nitrogens is 1. The lowest BCUT2D eigenvalue weighted by Crippen LogP contribution is -2.09. The third-order valence-corrected chi connectivity index (χ3v) is 2.04. The Morgan fingerprint density at radius 1 is 1.12 bits per heavy atom. The molecule has 0 unspecified atom stereocenters. The minimum atomic E-state index is 0.176. The molecule has 0 aliphatic rings. The molecule has 81 valence electrons. The van der Waals surface area contributed by atoms with Gasteiger partial charge in [-0.25, -0.2) is 4.98 Å². The average molecular weight is 223 g/mol. The molecule has 2 rings (SSSR count). The van der Waals surface area contributed by atoms with Crippen molar-refractivity contribution in [2.75, 3.05) is 0 Å². The van der Waals surface area contributed by atoms with Gasteiger partial charge in [-0.2, -0.15) is 5.84 Å². The maximum atomic E-state index is 10.7. The Balaban J connectivity index is 2.20. The van der Waals surface area contributed by atoms with Crippen molar-refractivity contribution >= 4 is 5.69 Å². The van der Waals surface area contributed by atoms with E-state index < -0.39 is 0 Å². The van der Waals surface area contributed by atoms with Gasteiger partial charge in [0.05, 0.1) is 4.91 Å². The summed E-state index contributed by atoms with van der Waals surface area (Å²) in [4.78, 5) is 14.8. The minimum Gasteiger partial charge on any atom is -0.230 e. The number of nitroso groups, excluding NO2 is 1. The summed E-state index contributed by atoms with van der Waals surface area (Å²) in [5, 5.41) is 0. The Bertz CT molecular complexity index is 580. The second kappa shape index (κ2) is 4.90. The summed E-state index contributed by atoms with van der Waals surface area (Å²) in [6, 6.07) is 12.7. The van der Waals surface area contributed by atoms with Crippen LogP contribution in [0.5, 0.6) is 0 Å². The minimum absolute atomic E-state index is 0.176. The number of nitrogens with zero attached hydrogens (tertiary/aromatic N) is 2. The average Bonchev–Trinajstić information content (AvgIpc) is 2.38. The van der Waals surface area contributed by atoms with E-state index in [1.165, 1.54) is 6.07 Å². The van der Waals surface area contributed by atoms with Crippen molar-refractivity contribution in [1.82, 2.24) is 4.98 Å².